The van der Waals surface area contributed by atoms with Gasteiger partial charge in [0.15, 0.2) is 0 Å². The Morgan fingerprint density at radius 2 is 1.47 bits per heavy atom. The third-order valence-corrected chi connectivity index (χ3v) is 7.68. The number of ether oxygens (including phenoxy) is 1. The van der Waals surface area contributed by atoms with Gasteiger partial charge in [-0.2, -0.15) is 0 Å². The summed E-state index contributed by atoms with van der Waals surface area (Å²) in [5.41, 5.74) is 2.47. The van der Waals surface area contributed by atoms with Gasteiger partial charge in [0.05, 0.1) is 11.0 Å². The van der Waals surface area contributed by atoms with Crippen molar-refractivity contribution in [2.24, 2.45) is 5.41 Å². The Balaban J connectivity index is 0.00000218. The molecule has 3 fully saturated rings. The van der Waals surface area contributed by atoms with Crippen molar-refractivity contribution in [3.05, 3.63) is 71.8 Å². The Labute approximate surface area is 196 Å². The summed E-state index contributed by atoms with van der Waals surface area (Å²) in [6, 6.07) is 21.5. The zero-order valence-corrected chi connectivity index (χ0v) is 19.5. The van der Waals surface area contributed by atoms with Crippen LogP contribution in [0.2, 0.25) is 0 Å². The topological polar surface area (TPSA) is 41.6 Å². The van der Waals surface area contributed by atoms with E-state index in [4.69, 9.17) is 4.74 Å². The number of nitrogens with zero attached hydrogens (tertiary/aromatic N) is 1. The van der Waals surface area contributed by atoms with Gasteiger partial charge in [-0.05, 0) is 36.8 Å². The van der Waals surface area contributed by atoms with Crippen molar-refractivity contribution in [2.75, 3.05) is 32.8 Å². The SMILES string of the molecule is O=C1NCC(c2ccccc2)C12CCN(C1(c3ccccc3)CCOCC1)CC2.[I-]. The van der Waals surface area contributed by atoms with Crippen molar-refractivity contribution >= 4 is 5.91 Å². The molecule has 2 aromatic carbocycles. The van der Waals surface area contributed by atoms with Crippen LogP contribution in [0.15, 0.2) is 60.7 Å². The van der Waals surface area contributed by atoms with E-state index in [-0.39, 0.29) is 46.8 Å². The molecule has 1 N–H and O–H groups in total. The van der Waals surface area contributed by atoms with Crippen molar-refractivity contribution in [1.82, 2.24) is 10.2 Å². The molecule has 0 radical (unpaired) electrons. The number of hydrogen-bond donors (Lipinski definition) is 1. The summed E-state index contributed by atoms with van der Waals surface area (Å²) < 4.78 is 5.73. The zero-order valence-electron chi connectivity index (χ0n) is 17.4. The van der Waals surface area contributed by atoms with E-state index in [1.54, 1.807) is 0 Å². The predicted molar refractivity (Wildman–Crippen MR) is 114 cm³/mol. The van der Waals surface area contributed by atoms with E-state index in [0.29, 0.717) is 0 Å². The highest BCUT2D eigenvalue weighted by Gasteiger charge is 2.54. The molecule has 1 amide bonds. The van der Waals surface area contributed by atoms with Gasteiger partial charge in [-0.3, -0.25) is 9.69 Å². The van der Waals surface area contributed by atoms with E-state index < -0.39 is 0 Å². The number of benzene rings is 2. The maximum Gasteiger partial charge on any atom is 0.227 e. The van der Waals surface area contributed by atoms with E-state index >= 15 is 0 Å². The number of carbonyl (C=O) groups excluding carboxylic acids is 1. The second-order valence-corrected chi connectivity index (χ2v) is 8.83. The third kappa shape index (κ3) is 3.59. The van der Waals surface area contributed by atoms with E-state index in [1.165, 1.54) is 11.1 Å². The monoisotopic (exact) mass is 517 g/mol. The number of nitrogens with one attached hydrogen (secondary N) is 1. The Hall–Kier alpha value is -1.44. The van der Waals surface area contributed by atoms with Gasteiger partial charge in [-0.15, -0.1) is 0 Å². The highest BCUT2D eigenvalue weighted by molar-refractivity contribution is 5.86. The predicted octanol–water partition coefficient (Wildman–Crippen LogP) is 0.692. The van der Waals surface area contributed by atoms with Crippen LogP contribution in [0.3, 0.4) is 0 Å². The van der Waals surface area contributed by atoms with Gasteiger partial charge in [-0.25, -0.2) is 0 Å². The number of halogens is 1. The minimum absolute atomic E-state index is 0. The van der Waals surface area contributed by atoms with Crippen LogP contribution in [0.4, 0.5) is 0 Å². The Morgan fingerprint density at radius 3 is 2.10 bits per heavy atom. The van der Waals surface area contributed by atoms with Gasteiger partial charge >= 0.3 is 0 Å². The first-order valence-electron chi connectivity index (χ1n) is 11.0. The van der Waals surface area contributed by atoms with Crippen LogP contribution >= 0.6 is 0 Å². The lowest BCUT2D eigenvalue weighted by Crippen LogP contribution is -3.00. The minimum atomic E-state index is -0.263. The number of hydrogen-bond acceptors (Lipinski definition) is 3. The smallest absolute Gasteiger partial charge is 0.227 e. The first kappa shape index (κ1) is 21.8. The molecule has 4 nitrogen and oxygen atoms in total. The highest BCUT2D eigenvalue weighted by atomic mass is 127. The largest absolute Gasteiger partial charge is 1.00 e. The van der Waals surface area contributed by atoms with Gasteiger partial charge in [0, 0.05) is 38.8 Å². The maximum absolute atomic E-state index is 13.0. The average Bonchev–Trinajstić information content (AvgIpc) is 3.11. The molecule has 0 aromatic heterocycles. The summed E-state index contributed by atoms with van der Waals surface area (Å²) in [4.78, 5) is 15.7. The Morgan fingerprint density at radius 1 is 0.867 bits per heavy atom. The molecular weight excluding hydrogens is 487 g/mol. The van der Waals surface area contributed by atoms with Crippen LogP contribution in [-0.4, -0.2) is 43.7 Å². The van der Waals surface area contributed by atoms with Crippen LogP contribution in [0.5, 0.6) is 0 Å². The van der Waals surface area contributed by atoms with Crippen molar-refractivity contribution < 1.29 is 33.5 Å². The van der Waals surface area contributed by atoms with Gasteiger partial charge in [0.1, 0.15) is 0 Å². The molecule has 2 aromatic rings. The molecule has 160 valence electrons. The van der Waals surface area contributed by atoms with Gasteiger partial charge in [0.2, 0.25) is 5.91 Å². The lowest BCUT2D eigenvalue weighted by Gasteiger charge is -2.51. The molecule has 0 bridgehead atoms. The van der Waals surface area contributed by atoms with Crippen LogP contribution in [-0.2, 0) is 15.1 Å². The molecule has 3 heterocycles. The molecule has 3 aliphatic heterocycles. The molecule has 1 unspecified atom stereocenters. The molecule has 1 atom stereocenters. The standard InChI is InChI=1S/C25H30N2O2.HI/c28-23-24(22(19-26-23)20-7-3-1-4-8-20)11-15-27(16-12-24)25(13-17-29-18-14-25)21-9-5-2-6-10-21;/h1-10,22H,11-19H2,(H,26,28);1H/p-1. The minimum Gasteiger partial charge on any atom is -1.00 e. The van der Waals surface area contributed by atoms with E-state index in [1.807, 2.05) is 0 Å². The lowest BCUT2D eigenvalue weighted by molar-refractivity contribution is -0.133. The van der Waals surface area contributed by atoms with E-state index in [9.17, 15) is 4.79 Å². The first-order chi connectivity index (χ1) is 14.2. The molecule has 30 heavy (non-hydrogen) atoms. The summed E-state index contributed by atoms with van der Waals surface area (Å²) in [6.07, 6.45) is 3.90. The fraction of sp³-hybridized carbons (Fsp3) is 0.480. The van der Waals surface area contributed by atoms with E-state index in [2.05, 4.69) is 70.9 Å². The molecule has 0 saturated carbocycles. The second kappa shape index (κ2) is 8.97. The van der Waals surface area contributed by atoms with Crippen molar-refractivity contribution in [3.8, 4) is 0 Å². The van der Waals surface area contributed by atoms with Crippen molar-refractivity contribution in [3.63, 3.8) is 0 Å². The summed E-state index contributed by atoms with van der Waals surface area (Å²) in [5, 5.41) is 3.19. The molecule has 0 aliphatic carbocycles. The van der Waals surface area contributed by atoms with Gasteiger partial charge < -0.3 is 34.0 Å². The molecule has 3 saturated heterocycles. The number of carbonyl (C=O) groups is 1. The first-order valence-corrected chi connectivity index (χ1v) is 11.0. The summed E-state index contributed by atoms with van der Waals surface area (Å²) in [7, 11) is 0. The second-order valence-electron chi connectivity index (χ2n) is 8.83. The Kier molecular flexibility index (Phi) is 6.51. The summed E-state index contributed by atoms with van der Waals surface area (Å²) in [5.74, 6) is 0.535. The molecule has 1 spiro atoms. The molecule has 3 aliphatic rings. The van der Waals surface area contributed by atoms with Gasteiger partial charge in [0.25, 0.3) is 0 Å². The third-order valence-electron chi connectivity index (χ3n) is 7.68. The van der Waals surface area contributed by atoms with Crippen molar-refractivity contribution in [2.45, 2.75) is 37.1 Å². The number of rotatable bonds is 3. The van der Waals surface area contributed by atoms with Crippen LogP contribution in [0.1, 0.15) is 42.7 Å². The highest BCUT2D eigenvalue weighted by Crippen LogP contribution is 2.50. The molecule has 5 heteroatoms. The van der Waals surface area contributed by atoms with Gasteiger partial charge in [-0.1, -0.05) is 60.7 Å². The normalized spacial score (nSPS) is 25.5. The summed E-state index contributed by atoms with van der Waals surface area (Å²) in [6.45, 7) is 4.31. The fourth-order valence-corrected chi connectivity index (χ4v) is 6.00. The Bertz CT molecular complexity index is 844. The average molecular weight is 517 g/mol. The fourth-order valence-electron chi connectivity index (χ4n) is 6.00. The quantitative estimate of drug-likeness (QED) is 0.610. The van der Waals surface area contributed by atoms with Crippen LogP contribution in [0, 0.1) is 5.41 Å². The van der Waals surface area contributed by atoms with E-state index in [0.717, 1.165) is 58.5 Å². The summed E-state index contributed by atoms with van der Waals surface area (Å²) >= 11 is 0. The van der Waals surface area contributed by atoms with Crippen LogP contribution < -0.4 is 29.3 Å². The maximum atomic E-state index is 13.0. The molecule has 5 rings (SSSR count). The lowest BCUT2D eigenvalue weighted by atomic mass is 9.66. The van der Waals surface area contributed by atoms with Crippen molar-refractivity contribution in [1.29, 1.82) is 0 Å². The number of amides is 1. The number of piperidine rings is 1. The van der Waals surface area contributed by atoms with Crippen LogP contribution in [0.25, 0.3) is 0 Å². The zero-order chi connectivity index (χ0) is 19.7. The molecular formula is C25H30IN2O2-. The number of likely N-dealkylation sites (tertiary alicyclic amines) is 1.